The molecule has 0 radical (unpaired) electrons. The van der Waals surface area contributed by atoms with Crippen LogP contribution in [-0.2, 0) is 9.53 Å². The van der Waals surface area contributed by atoms with E-state index in [0.29, 0.717) is 0 Å². The number of benzene rings is 1. The summed E-state index contributed by atoms with van der Waals surface area (Å²) in [5, 5.41) is 14.0. The van der Waals surface area contributed by atoms with Gasteiger partial charge in [-0.3, -0.25) is 4.79 Å². The number of rotatable bonds is 6. The third kappa shape index (κ3) is 3.97. The van der Waals surface area contributed by atoms with Crippen LogP contribution >= 0.6 is 0 Å². The van der Waals surface area contributed by atoms with Crippen molar-refractivity contribution >= 4 is 12.0 Å². The maximum atomic E-state index is 13.7. The third-order valence-corrected chi connectivity index (χ3v) is 4.39. The molecule has 3 N–H and O–H groups in total. The molecule has 1 aliphatic heterocycles. The number of carbonyl (C=O) groups is 2. The molecule has 1 fully saturated rings. The van der Waals surface area contributed by atoms with Gasteiger partial charge >= 0.3 is 18.2 Å². The van der Waals surface area contributed by atoms with Crippen molar-refractivity contribution in [3.63, 3.8) is 0 Å². The molecule has 0 bridgehead atoms. The van der Waals surface area contributed by atoms with Crippen LogP contribution in [0.1, 0.15) is 18.5 Å². The number of esters is 1. The summed E-state index contributed by atoms with van der Waals surface area (Å²) in [7, 11) is 3.91. The number of methoxy groups -OCH3 is 3. The largest absolute Gasteiger partial charge is 0.493 e. The molecule has 2 amide bonds. The van der Waals surface area contributed by atoms with E-state index in [-0.39, 0.29) is 29.4 Å². The van der Waals surface area contributed by atoms with E-state index >= 15 is 0 Å². The first-order valence-electron chi connectivity index (χ1n) is 8.38. The number of nitrogens with one attached hydrogen (secondary N) is 2. The Morgan fingerprint density at radius 1 is 1.17 bits per heavy atom. The smallest absolute Gasteiger partial charge is 0.437 e. The number of hydrogen-bond acceptors (Lipinski definition) is 7. The fourth-order valence-electron chi connectivity index (χ4n) is 3.10. The van der Waals surface area contributed by atoms with E-state index in [1.54, 1.807) is 0 Å². The highest BCUT2D eigenvalue weighted by Crippen LogP contribution is 2.46. The molecule has 2 rings (SSSR count). The highest BCUT2D eigenvalue weighted by atomic mass is 19.4. The normalized spacial score (nSPS) is 24.2. The van der Waals surface area contributed by atoms with E-state index in [1.165, 1.54) is 45.7 Å². The Morgan fingerprint density at radius 2 is 1.72 bits per heavy atom. The highest BCUT2D eigenvalue weighted by molar-refractivity contribution is 5.83. The second kappa shape index (κ2) is 8.23. The molecule has 0 aromatic heterocycles. The number of ether oxygens (including phenoxy) is 4. The lowest BCUT2D eigenvalue weighted by Crippen LogP contribution is -2.73. The van der Waals surface area contributed by atoms with E-state index in [1.807, 2.05) is 0 Å². The topological polar surface area (TPSA) is 115 Å². The van der Waals surface area contributed by atoms with Gasteiger partial charge in [0, 0.05) is 0 Å². The van der Waals surface area contributed by atoms with Gasteiger partial charge in [-0.25, -0.2) is 4.79 Å². The first-order chi connectivity index (χ1) is 13.5. The lowest BCUT2D eigenvalue weighted by Gasteiger charge is -2.44. The zero-order valence-corrected chi connectivity index (χ0v) is 16.0. The SMILES string of the molecule is CCOC(=O)[C@@H]1[C@H](c2cc(OC)c(OC)c(OC)c2)NC(=O)N[C@@]1(O)C(F)(F)F. The van der Waals surface area contributed by atoms with Crippen LogP contribution in [0, 0.1) is 5.92 Å². The second-order valence-electron chi connectivity index (χ2n) is 6.03. The van der Waals surface area contributed by atoms with E-state index < -0.39 is 35.9 Å². The summed E-state index contributed by atoms with van der Waals surface area (Å²) in [5.41, 5.74) is -3.87. The summed E-state index contributed by atoms with van der Waals surface area (Å²) < 4.78 is 61.3. The standard InChI is InChI=1S/C17H21F3N2O7/c1-5-29-14(23)11-12(21-15(24)22-16(11,25)17(18,19)20)8-6-9(26-2)13(28-4)10(7-8)27-3/h6-7,11-12,25H,5H2,1-4H3,(H2,21,22,24)/t11-,12-,16-/m0/s1. The summed E-state index contributed by atoms with van der Waals surface area (Å²) in [5.74, 6) is -3.32. The minimum absolute atomic E-state index is 0.00456. The molecule has 162 valence electrons. The molecular formula is C17H21F3N2O7. The number of carbonyl (C=O) groups excluding carboxylic acids is 2. The number of hydrogen-bond donors (Lipinski definition) is 3. The average Bonchev–Trinajstić information content (AvgIpc) is 2.65. The average molecular weight is 422 g/mol. The molecule has 0 saturated carbocycles. The van der Waals surface area contributed by atoms with Gasteiger partial charge in [0.1, 0.15) is 5.92 Å². The molecule has 1 heterocycles. The summed E-state index contributed by atoms with van der Waals surface area (Å²) in [6.45, 7) is 1.16. The number of amides is 2. The van der Waals surface area contributed by atoms with E-state index in [2.05, 4.69) is 5.32 Å². The Kier molecular flexibility index (Phi) is 6.36. The van der Waals surface area contributed by atoms with E-state index in [4.69, 9.17) is 18.9 Å². The van der Waals surface area contributed by atoms with Gasteiger partial charge in [-0.05, 0) is 24.6 Å². The van der Waals surface area contributed by atoms with Crippen LogP contribution < -0.4 is 24.8 Å². The summed E-state index contributed by atoms with van der Waals surface area (Å²) in [6, 6.07) is -0.423. The second-order valence-corrected chi connectivity index (χ2v) is 6.03. The van der Waals surface area contributed by atoms with Gasteiger partial charge in [0.25, 0.3) is 5.72 Å². The number of aliphatic hydroxyl groups is 1. The predicted octanol–water partition coefficient (Wildman–Crippen LogP) is 1.50. The van der Waals surface area contributed by atoms with Gasteiger partial charge in [0.15, 0.2) is 11.5 Å². The van der Waals surface area contributed by atoms with Gasteiger partial charge in [0.05, 0.1) is 34.0 Å². The molecule has 1 saturated heterocycles. The van der Waals surface area contributed by atoms with Gasteiger partial charge in [-0.15, -0.1) is 0 Å². The monoisotopic (exact) mass is 422 g/mol. The van der Waals surface area contributed by atoms with E-state index in [9.17, 15) is 27.9 Å². The Balaban J connectivity index is 2.70. The molecule has 1 aromatic carbocycles. The molecule has 0 spiro atoms. The van der Waals surface area contributed by atoms with Crippen molar-refractivity contribution in [2.75, 3.05) is 27.9 Å². The molecule has 9 nitrogen and oxygen atoms in total. The number of urea groups is 1. The zero-order valence-electron chi connectivity index (χ0n) is 16.0. The summed E-state index contributed by atoms with van der Waals surface area (Å²) in [6.07, 6.45) is -5.37. The Bertz CT molecular complexity index is 762. The minimum Gasteiger partial charge on any atom is -0.493 e. The van der Waals surface area contributed by atoms with Crippen LogP contribution in [0.15, 0.2) is 12.1 Å². The summed E-state index contributed by atoms with van der Waals surface area (Å²) >= 11 is 0. The molecule has 0 unspecified atom stereocenters. The van der Waals surface area contributed by atoms with Crippen LogP contribution in [0.5, 0.6) is 17.2 Å². The maximum absolute atomic E-state index is 13.7. The van der Waals surface area contributed by atoms with Crippen LogP contribution in [0.3, 0.4) is 0 Å². The molecule has 1 aliphatic rings. The van der Waals surface area contributed by atoms with Crippen molar-refractivity contribution in [1.82, 2.24) is 10.6 Å². The number of alkyl halides is 3. The first-order valence-corrected chi connectivity index (χ1v) is 8.38. The van der Waals surface area contributed by atoms with E-state index in [0.717, 1.165) is 0 Å². The van der Waals surface area contributed by atoms with Crippen LogP contribution in [0.4, 0.5) is 18.0 Å². The molecule has 29 heavy (non-hydrogen) atoms. The van der Waals surface area contributed by atoms with Gasteiger partial charge < -0.3 is 34.7 Å². The Morgan fingerprint density at radius 3 is 2.14 bits per heavy atom. The predicted molar refractivity (Wildman–Crippen MR) is 91.6 cm³/mol. The Hall–Kier alpha value is -2.89. The van der Waals surface area contributed by atoms with Crippen LogP contribution in [0.25, 0.3) is 0 Å². The van der Waals surface area contributed by atoms with Crippen molar-refractivity contribution in [3.05, 3.63) is 17.7 Å². The lowest BCUT2D eigenvalue weighted by molar-refractivity contribution is -0.294. The molecule has 1 aromatic rings. The first kappa shape index (κ1) is 22.4. The third-order valence-electron chi connectivity index (χ3n) is 4.39. The van der Waals surface area contributed by atoms with Crippen LogP contribution in [-0.4, -0.2) is 56.9 Å². The lowest BCUT2D eigenvalue weighted by atomic mass is 9.81. The minimum atomic E-state index is -5.37. The Labute approximate surface area is 164 Å². The van der Waals surface area contributed by atoms with Crippen molar-refractivity contribution in [2.45, 2.75) is 24.9 Å². The van der Waals surface area contributed by atoms with Gasteiger partial charge in [0.2, 0.25) is 5.75 Å². The van der Waals surface area contributed by atoms with Gasteiger partial charge in [-0.2, -0.15) is 13.2 Å². The summed E-state index contributed by atoms with van der Waals surface area (Å²) in [4.78, 5) is 24.4. The number of halogens is 3. The maximum Gasteiger partial charge on any atom is 0.437 e. The molecule has 12 heteroatoms. The van der Waals surface area contributed by atoms with Gasteiger partial charge in [-0.1, -0.05) is 0 Å². The highest BCUT2D eigenvalue weighted by Gasteiger charge is 2.67. The van der Waals surface area contributed by atoms with Crippen LogP contribution in [0.2, 0.25) is 0 Å². The fourth-order valence-corrected chi connectivity index (χ4v) is 3.10. The molecule has 3 atom stereocenters. The quantitative estimate of drug-likeness (QED) is 0.595. The van der Waals surface area contributed by atoms with Crippen molar-refractivity contribution in [2.24, 2.45) is 5.92 Å². The zero-order chi connectivity index (χ0) is 22.0. The fraction of sp³-hybridized carbons (Fsp3) is 0.529. The van der Waals surface area contributed by atoms with Crippen molar-refractivity contribution in [1.29, 1.82) is 0 Å². The van der Waals surface area contributed by atoms with Crippen molar-refractivity contribution < 1.29 is 46.8 Å². The molecule has 0 aliphatic carbocycles. The van der Waals surface area contributed by atoms with Crippen molar-refractivity contribution in [3.8, 4) is 17.2 Å². The molecular weight excluding hydrogens is 401 g/mol.